The van der Waals surface area contributed by atoms with E-state index in [0.29, 0.717) is 0 Å². The predicted octanol–water partition coefficient (Wildman–Crippen LogP) is 1.99. The normalized spacial score (nSPS) is 11.6. The van der Waals surface area contributed by atoms with Gasteiger partial charge >= 0.3 is 6.09 Å². The Balaban J connectivity index is 2.54. The molecule has 0 aliphatic carbocycles. The monoisotopic (exact) mass is 344 g/mol. The molecule has 0 saturated heterocycles. The minimum Gasteiger partial charge on any atom is -0.496 e. The topological polar surface area (TPSA) is 76.7 Å². The summed E-state index contributed by atoms with van der Waals surface area (Å²) in [6.07, 6.45) is -0.767. The molecule has 1 aromatic carbocycles. The third-order valence-electron chi connectivity index (χ3n) is 2.67. The van der Waals surface area contributed by atoms with Crippen LogP contribution in [-0.4, -0.2) is 32.8 Å². The highest BCUT2D eigenvalue weighted by Crippen LogP contribution is 2.27. The van der Waals surface area contributed by atoms with Gasteiger partial charge in [0.15, 0.2) is 0 Å². The van der Waals surface area contributed by atoms with Crippen LogP contribution < -0.4 is 15.4 Å². The summed E-state index contributed by atoms with van der Waals surface area (Å²) in [5.41, 5.74) is 0.989. The van der Waals surface area contributed by atoms with E-state index in [0.717, 1.165) is 15.8 Å². The zero-order valence-electron chi connectivity index (χ0n) is 11.5. The molecule has 2 amide bonds. The van der Waals surface area contributed by atoms with Gasteiger partial charge in [-0.15, -0.1) is 0 Å². The van der Waals surface area contributed by atoms with Gasteiger partial charge in [-0.3, -0.25) is 10.1 Å². The van der Waals surface area contributed by atoms with Crippen molar-refractivity contribution in [2.75, 3.05) is 20.8 Å². The fourth-order valence-electron chi connectivity index (χ4n) is 1.52. The number of ether oxygens (including phenoxy) is 2. The Morgan fingerprint density at radius 3 is 2.60 bits per heavy atom. The molecule has 0 fully saturated rings. The van der Waals surface area contributed by atoms with Crippen molar-refractivity contribution in [3.8, 4) is 5.75 Å². The van der Waals surface area contributed by atoms with Crippen molar-refractivity contribution < 1.29 is 19.1 Å². The molecule has 7 heteroatoms. The smallest absolute Gasteiger partial charge is 0.413 e. The molecule has 0 bridgehead atoms. The van der Waals surface area contributed by atoms with Crippen molar-refractivity contribution in [2.45, 2.75) is 13.0 Å². The average molecular weight is 345 g/mol. The number of alkyl carbamates (subject to hydrolysis) is 1. The Kier molecular flexibility index (Phi) is 6.47. The molecule has 0 aromatic heterocycles. The predicted molar refractivity (Wildman–Crippen MR) is 77.7 cm³/mol. The Morgan fingerprint density at radius 2 is 2.05 bits per heavy atom. The van der Waals surface area contributed by atoms with E-state index < -0.39 is 12.0 Å². The van der Waals surface area contributed by atoms with Gasteiger partial charge in [-0.1, -0.05) is 6.07 Å². The third kappa shape index (κ3) is 4.82. The lowest BCUT2D eigenvalue weighted by molar-refractivity contribution is -0.119. The molecule has 0 spiro atoms. The first kappa shape index (κ1) is 16.5. The zero-order chi connectivity index (χ0) is 15.1. The highest BCUT2D eigenvalue weighted by Gasteiger charge is 2.11. The molecular weight excluding hydrogens is 328 g/mol. The van der Waals surface area contributed by atoms with E-state index in [-0.39, 0.29) is 12.6 Å². The largest absolute Gasteiger partial charge is 0.496 e. The number of imide groups is 1. The van der Waals surface area contributed by atoms with Crippen LogP contribution in [0.1, 0.15) is 18.5 Å². The summed E-state index contributed by atoms with van der Waals surface area (Å²) < 4.78 is 10.3. The van der Waals surface area contributed by atoms with Gasteiger partial charge in [-0.2, -0.15) is 0 Å². The van der Waals surface area contributed by atoms with E-state index in [1.165, 1.54) is 7.11 Å². The van der Waals surface area contributed by atoms with Gasteiger partial charge in [0.2, 0.25) is 5.91 Å². The summed E-state index contributed by atoms with van der Waals surface area (Å²) >= 11 is 3.40. The summed E-state index contributed by atoms with van der Waals surface area (Å²) in [5, 5.41) is 5.09. The molecule has 2 N–H and O–H groups in total. The molecule has 6 nitrogen and oxygen atoms in total. The van der Waals surface area contributed by atoms with Crippen molar-refractivity contribution >= 4 is 27.9 Å². The van der Waals surface area contributed by atoms with E-state index >= 15 is 0 Å². The van der Waals surface area contributed by atoms with Gasteiger partial charge in [-0.25, -0.2) is 4.79 Å². The van der Waals surface area contributed by atoms with Crippen molar-refractivity contribution in [1.82, 2.24) is 10.6 Å². The van der Waals surface area contributed by atoms with Gasteiger partial charge in [0.1, 0.15) is 5.75 Å². The molecule has 0 unspecified atom stereocenters. The van der Waals surface area contributed by atoms with Crippen LogP contribution in [0.2, 0.25) is 0 Å². The lowest BCUT2D eigenvalue weighted by Crippen LogP contribution is -2.38. The molecule has 0 heterocycles. The number of amides is 2. The molecule has 110 valence electrons. The van der Waals surface area contributed by atoms with Crippen molar-refractivity contribution in [1.29, 1.82) is 0 Å². The van der Waals surface area contributed by atoms with Gasteiger partial charge in [0.25, 0.3) is 0 Å². The van der Waals surface area contributed by atoms with E-state index in [4.69, 9.17) is 4.74 Å². The van der Waals surface area contributed by atoms with E-state index in [1.54, 1.807) is 7.11 Å². The van der Waals surface area contributed by atoms with Gasteiger partial charge < -0.3 is 14.8 Å². The second-order valence-corrected chi connectivity index (χ2v) is 4.89. The fraction of sp³-hybridized carbons (Fsp3) is 0.385. The highest BCUT2D eigenvalue weighted by molar-refractivity contribution is 9.10. The molecule has 0 aliphatic rings. The van der Waals surface area contributed by atoms with E-state index in [9.17, 15) is 9.59 Å². The average Bonchev–Trinajstić information content (AvgIpc) is 2.44. The molecule has 1 atom stereocenters. The first-order chi connectivity index (χ1) is 9.47. The fourth-order valence-corrected chi connectivity index (χ4v) is 2.08. The van der Waals surface area contributed by atoms with E-state index in [2.05, 4.69) is 31.3 Å². The number of nitrogens with one attached hydrogen (secondary N) is 2. The van der Waals surface area contributed by atoms with Crippen LogP contribution in [0.5, 0.6) is 5.75 Å². The minimum atomic E-state index is -0.767. The summed E-state index contributed by atoms with van der Waals surface area (Å²) in [7, 11) is 2.80. The Hall–Kier alpha value is -1.60. The summed E-state index contributed by atoms with van der Waals surface area (Å²) in [5.74, 6) is 0.292. The first-order valence-corrected chi connectivity index (χ1v) is 6.71. The third-order valence-corrected chi connectivity index (χ3v) is 3.29. The maximum absolute atomic E-state index is 11.4. The van der Waals surface area contributed by atoms with Gasteiger partial charge in [0.05, 0.1) is 25.2 Å². The lowest BCUT2D eigenvalue weighted by Gasteiger charge is -2.15. The number of hydrogen-bond donors (Lipinski definition) is 2. The Bertz CT molecular complexity index is 493. The zero-order valence-corrected chi connectivity index (χ0v) is 13.1. The maximum atomic E-state index is 11.4. The van der Waals surface area contributed by atoms with Crippen LogP contribution >= 0.6 is 15.9 Å². The summed E-state index contributed by atoms with van der Waals surface area (Å²) in [4.78, 5) is 22.3. The molecule has 1 aromatic rings. The van der Waals surface area contributed by atoms with Crippen molar-refractivity contribution in [2.24, 2.45) is 0 Å². The standard InChI is InChI=1S/C13H17BrN2O4/c1-8(15-7-12(17)16-13(18)20-3)9-4-5-11(19-2)10(14)6-9/h4-6,8,15H,7H2,1-3H3,(H,16,17,18)/t8-/m0/s1. The SMILES string of the molecule is COC(=O)NC(=O)CN[C@@H](C)c1ccc(OC)c(Br)c1. The van der Waals surface area contributed by atoms with Crippen molar-refractivity contribution in [3.05, 3.63) is 28.2 Å². The molecule has 0 saturated carbocycles. The lowest BCUT2D eigenvalue weighted by atomic mass is 10.1. The van der Waals surface area contributed by atoms with Crippen molar-refractivity contribution in [3.63, 3.8) is 0 Å². The number of carbonyl (C=O) groups is 2. The van der Waals surface area contributed by atoms with Crippen LogP contribution in [0.4, 0.5) is 4.79 Å². The Labute approximate surface area is 126 Å². The number of rotatable bonds is 5. The second-order valence-electron chi connectivity index (χ2n) is 4.04. The number of halogens is 1. The van der Waals surface area contributed by atoms with Crippen LogP contribution in [0, 0.1) is 0 Å². The minimum absolute atomic E-state index is 0.0138. The maximum Gasteiger partial charge on any atom is 0.413 e. The van der Waals surface area contributed by atoms with E-state index in [1.807, 2.05) is 25.1 Å². The quantitative estimate of drug-likeness (QED) is 0.854. The van der Waals surface area contributed by atoms with Crippen LogP contribution in [0.25, 0.3) is 0 Å². The van der Waals surface area contributed by atoms with Crippen LogP contribution in [-0.2, 0) is 9.53 Å². The molecular formula is C13H17BrN2O4. The molecule has 0 aliphatic heterocycles. The first-order valence-electron chi connectivity index (χ1n) is 5.92. The van der Waals surface area contributed by atoms with Crippen LogP contribution in [0.15, 0.2) is 22.7 Å². The number of carbonyl (C=O) groups excluding carboxylic acids is 2. The number of benzene rings is 1. The number of hydrogen-bond acceptors (Lipinski definition) is 5. The highest BCUT2D eigenvalue weighted by atomic mass is 79.9. The molecule has 1 rings (SSSR count). The molecule has 20 heavy (non-hydrogen) atoms. The second kappa shape index (κ2) is 7.86. The number of methoxy groups -OCH3 is 2. The van der Waals surface area contributed by atoms with Crippen LogP contribution in [0.3, 0.4) is 0 Å². The Morgan fingerprint density at radius 1 is 1.35 bits per heavy atom. The summed E-state index contributed by atoms with van der Waals surface area (Å²) in [6.45, 7) is 1.93. The molecule has 0 radical (unpaired) electrons. The van der Waals surface area contributed by atoms with Gasteiger partial charge in [0, 0.05) is 6.04 Å². The summed E-state index contributed by atoms with van der Waals surface area (Å²) in [6, 6.07) is 5.60. The van der Waals surface area contributed by atoms with Gasteiger partial charge in [-0.05, 0) is 40.5 Å².